The van der Waals surface area contributed by atoms with Crippen molar-refractivity contribution in [3.8, 4) is 11.1 Å². The fraction of sp³-hybridized carbons (Fsp3) is 0.444. The van der Waals surface area contributed by atoms with Gasteiger partial charge in [0.25, 0.3) is 0 Å². The number of likely N-dealkylation sites (tertiary alicyclic amines) is 1. The lowest BCUT2D eigenvalue weighted by Crippen LogP contribution is -2.52. The topological polar surface area (TPSA) is 95.9 Å². The maximum absolute atomic E-state index is 13.0. The number of ether oxygens (including phenoxy) is 1. The molecule has 0 bridgehead atoms. The zero-order chi connectivity index (χ0) is 23.4. The molecule has 6 rings (SSSR count). The first-order valence-corrected chi connectivity index (χ1v) is 12.1. The van der Waals surface area contributed by atoms with Crippen LogP contribution in [0.3, 0.4) is 0 Å². The minimum absolute atomic E-state index is 0.00574. The van der Waals surface area contributed by atoms with Gasteiger partial charge in [-0.15, -0.1) is 0 Å². The van der Waals surface area contributed by atoms with Crippen molar-refractivity contribution in [2.75, 3.05) is 19.7 Å². The van der Waals surface area contributed by atoms with Crippen LogP contribution in [0, 0.1) is 17.8 Å². The number of benzene rings is 2. The number of amides is 2. The highest BCUT2D eigenvalue weighted by Crippen LogP contribution is 2.56. The summed E-state index contributed by atoms with van der Waals surface area (Å²) in [4.78, 5) is 38.9. The van der Waals surface area contributed by atoms with Crippen LogP contribution in [0.15, 0.2) is 48.5 Å². The average molecular weight is 461 g/mol. The maximum atomic E-state index is 13.0. The molecule has 1 heterocycles. The van der Waals surface area contributed by atoms with E-state index < -0.39 is 17.6 Å². The van der Waals surface area contributed by atoms with Gasteiger partial charge in [-0.1, -0.05) is 48.5 Å². The highest BCUT2D eigenvalue weighted by atomic mass is 16.5. The highest BCUT2D eigenvalue weighted by molar-refractivity contribution is 5.92. The van der Waals surface area contributed by atoms with Gasteiger partial charge in [-0.3, -0.25) is 4.79 Å². The van der Waals surface area contributed by atoms with Crippen LogP contribution in [0.25, 0.3) is 11.1 Å². The Morgan fingerprint density at radius 1 is 1.06 bits per heavy atom. The van der Waals surface area contributed by atoms with E-state index in [0.29, 0.717) is 25.9 Å². The number of nitrogens with one attached hydrogen (secondary N) is 1. The summed E-state index contributed by atoms with van der Waals surface area (Å²) < 4.78 is 5.58. The number of piperidine rings is 1. The summed E-state index contributed by atoms with van der Waals surface area (Å²) in [6.07, 6.45) is 2.51. The number of hydrogen-bond donors (Lipinski definition) is 2. The van der Waals surface area contributed by atoms with Gasteiger partial charge in [0.05, 0.1) is 0 Å². The lowest BCUT2D eigenvalue weighted by atomic mass is 9.98. The molecule has 3 fully saturated rings. The molecule has 1 saturated heterocycles. The number of hydrogen-bond acceptors (Lipinski definition) is 4. The van der Waals surface area contributed by atoms with E-state index in [1.54, 1.807) is 4.90 Å². The van der Waals surface area contributed by atoms with E-state index in [9.17, 15) is 19.5 Å². The number of aliphatic carboxylic acids is 1. The Morgan fingerprint density at radius 3 is 2.41 bits per heavy atom. The van der Waals surface area contributed by atoms with E-state index in [2.05, 4.69) is 29.6 Å². The number of rotatable bonds is 6. The fourth-order valence-corrected chi connectivity index (χ4v) is 6.21. The van der Waals surface area contributed by atoms with Crippen LogP contribution >= 0.6 is 0 Å². The normalized spacial score (nSPS) is 28.4. The molecule has 2 aromatic carbocycles. The number of carboxylic acids is 1. The largest absolute Gasteiger partial charge is 0.479 e. The third-order valence-electron chi connectivity index (χ3n) is 8.22. The van der Waals surface area contributed by atoms with Gasteiger partial charge in [0, 0.05) is 24.9 Å². The first-order chi connectivity index (χ1) is 16.5. The molecule has 2 saturated carbocycles. The molecule has 4 atom stereocenters. The molecule has 2 aromatic rings. The third-order valence-corrected chi connectivity index (χ3v) is 8.22. The van der Waals surface area contributed by atoms with Crippen molar-refractivity contribution >= 4 is 18.0 Å². The summed E-state index contributed by atoms with van der Waals surface area (Å²) in [6, 6.07) is 16.4. The number of carbonyl (C=O) groups excluding carboxylic acids is 2. The van der Waals surface area contributed by atoms with Crippen LogP contribution in [-0.2, 0) is 14.3 Å². The molecule has 0 aromatic heterocycles. The summed E-state index contributed by atoms with van der Waals surface area (Å²) in [6.45, 7) is 1.14. The Labute approximate surface area is 198 Å². The first kappa shape index (κ1) is 21.2. The van der Waals surface area contributed by atoms with Crippen molar-refractivity contribution in [3.63, 3.8) is 0 Å². The van der Waals surface area contributed by atoms with Crippen LogP contribution in [0.1, 0.15) is 42.7 Å². The Balaban J connectivity index is 1.02. The predicted molar refractivity (Wildman–Crippen MR) is 124 cm³/mol. The van der Waals surface area contributed by atoms with Crippen molar-refractivity contribution in [2.45, 2.75) is 37.1 Å². The van der Waals surface area contributed by atoms with Crippen LogP contribution < -0.4 is 5.32 Å². The van der Waals surface area contributed by atoms with Gasteiger partial charge in [-0.25, -0.2) is 9.59 Å². The van der Waals surface area contributed by atoms with Crippen molar-refractivity contribution in [1.29, 1.82) is 0 Å². The SMILES string of the molecule is O=C(NC[C@@H]1C[C@@H]1C(=O)N1CCCC2CC21C(=O)O)OCC1c2ccccc2-c2ccccc21. The Morgan fingerprint density at radius 2 is 1.74 bits per heavy atom. The Bertz CT molecular complexity index is 1130. The van der Waals surface area contributed by atoms with Crippen LogP contribution in [0.2, 0.25) is 0 Å². The average Bonchev–Trinajstić information content (AvgIpc) is 3.76. The van der Waals surface area contributed by atoms with Gasteiger partial charge in [-0.2, -0.15) is 0 Å². The molecule has 2 N–H and O–H groups in total. The van der Waals surface area contributed by atoms with Crippen LogP contribution in [0.4, 0.5) is 4.79 Å². The lowest BCUT2D eigenvalue weighted by Gasteiger charge is -2.34. The van der Waals surface area contributed by atoms with Crippen LogP contribution in [0.5, 0.6) is 0 Å². The Hall–Kier alpha value is -3.35. The number of carboxylic acid groups (broad SMARTS) is 1. The van der Waals surface area contributed by atoms with Gasteiger partial charge in [0.1, 0.15) is 12.1 Å². The van der Waals surface area contributed by atoms with E-state index in [4.69, 9.17) is 4.74 Å². The van der Waals surface area contributed by atoms with Gasteiger partial charge in [0.2, 0.25) is 5.91 Å². The summed E-state index contributed by atoms with van der Waals surface area (Å²) >= 11 is 0. The summed E-state index contributed by atoms with van der Waals surface area (Å²) in [5.74, 6) is -1.00. The molecule has 0 spiro atoms. The molecule has 1 aliphatic heterocycles. The number of fused-ring (bicyclic) bond motifs is 4. The quantitative estimate of drug-likeness (QED) is 0.686. The molecule has 34 heavy (non-hydrogen) atoms. The van der Waals surface area contributed by atoms with E-state index in [1.165, 1.54) is 11.1 Å². The van der Waals surface area contributed by atoms with Crippen molar-refractivity contribution < 1.29 is 24.2 Å². The Kier molecular flexibility index (Phi) is 4.90. The highest BCUT2D eigenvalue weighted by Gasteiger charge is 2.68. The number of carbonyl (C=O) groups is 3. The molecule has 4 aliphatic rings. The van der Waals surface area contributed by atoms with E-state index in [1.807, 2.05) is 24.3 Å². The number of alkyl carbamates (subject to hydrolysis) is 1. The maximum Gasteiger partial charge on any atom is 0.407 e. The molecule has 3 aliphatic carbocycles. The fourth-order valence-electron chi connectivity index (χ4n) is 6.21. The molecule has 176 valence electrons. The summed E-state index contributed by atoms with van der Waals surface area (Å²) in [7, 11) is 0. The van der Waals surface area contributed by atoms with Gasteiger partial charge >= 0.3 is 12.1 Å². The second-order valence-electron chi connectivity index (χ2n) is 10.1. The third kappa shape index (κ3) is 3.29. The van der Waals surface area contributed by atoms with E-state index >= 15 is 0 Å². The molecule has 7 nitrogen and oxygen atoms in total. The molecular weight excluding hydrogens is 432 g/mol. The molecule has 0 radical (unpaired) electrons. The summed E-state index contributed by atoms with van der Waals surface area (Å²) in [5, 5.41) is 12.5. The van der Waals surface area contributed by atoms with E-state index in [0.717, 1.165) is 24.0 Å². The predicted octanol–water partition coefficient (Wildman–Crippen LogP) is 3.63. The van der Waals surface area contributed by atoms with Gasteiger partial charge in [-0.05, 0) is 59.8 Å². The lowest BCUT2D eigenvalue weighted by molar-refractivity contribution is -0.155. The van der Waals surface area contributed by atoms with Gasteiger partial charge in [0.15, 0.2) is 0 Å². The smallest absolute Gasteiger partial charge is 0.407 e. The van der Waals surface area contributed by atoms with E-state index in [-0.39, 0.29) is 36.2 Å². The molecule has 2 unspecified atom stereocenters. The second kappa shape index (κ2) is 7.86. The monoisotopic (exact) mass is 460 g/mol. The molecule has 2 amide bonds. The zero-order valence-corrected chi connectivity index (χ0v) is 18.9. The number of nitrogens with zero attached hydrogens (tertiary/aromatic N) is 1. The van der Waals surface area contributed by atoms with Crippen molar-refractivity contribution in [2.24, 2.45) is 17.8 Å². The van der Waals surface area contributed by atoms with Crippen molar-refractivity contribution in [1.82, 2.24) is 10.2 Å². The van der Waals surface area contributed by atoms with Crippen LogP contribution in [-0.4, -0.2) is 53.2 Å². The molecular formula is C27H28N2O5. The minimum atomic E-state index is -0.970. The zero-order valence-electron chi connectivity index (χ0n) is 18.9. The summed E-state index contributed by atoms with van der Waals surface area (Å²) in [5.41, 5.74) is 3.72. The first-order valence-electron chi connectivity index (χ1n) is 12.1. The standard InChI is InChI=1S/C27H28N2O5/c30-24(29-11-5-6-17-13-27(17,29)25(31)32)22-12-16(22)14-28-26(33)34-15-23-20-9-3-1-7-18(20)19-8-2-4-10-21(19)23/h1-4,7-10,16-17,22-23H,5-6,11-15H2,(H,28,33)(H,31,32)/t16-,17?,22-,27?/m0/s1. The van der Waals surface area contributed by atoms with Crippen molar-refractivity contribution in [3.05, 3.63) is 59.7 Å². The van der Waals surface area contributed by atoms with Gasteiger partial charge < -0.3 is 20.1 Å². The molecule has 7 heteroatoms. The second-order valence-corrected chi connectivity index (χ2v) is 10.1. The minimum Gasteiger partial charge on any atom is -0.479 e.